The largest absolute Gasteiger partial charge is 0.457 e. The van der Waals surface area contributed by atoms with Crippen LogP contribution in [0.3, 0.4) is 0 Å². The van der Waals surface area contributed by atoms with Crippen LogP contribution in [0.1, 0.15) is 43.4 Å². The van der Waals surface area contributed by atoms with Crippen molar-refractivity contribution in [3.05, 3.63) is 52.6 Å². The van der Waals surface area contributed by atoms with E-state index in [2.05, 4.69) is 31.2 Å². The molecule has 5 heteroatoms. The number of hydrogen-bond donors (Lipinski definition) is 0. The lowest BCUT2D eigenvalue weighted by atomic mass is 9.54. The summed E-state index contributed by atoms with van der Waals surface area (Å²) in [5.74, 6) is 4.66. The van der Waals surface area contributed by atoms with Crippen LogP contribution in [0.25, 0.3) is 17.4 Å². The molecule has 3 nitrogen and oxygen atoms in total. The van der Waals surface area contributed by atoms with E-state index < -0.39 is 0 Å². The SMILES string of the molecule is Cc1ccc(-c2ccc(/C=C3\SC(=S)N(C4C5CC6CC(C5)CC4C6)C3=O)o2)cc1. The van der Waals surface area contributed by atoms with Gasteiger partial charge in [-0.15, -0.1) is 0 Å². The van der Waals surface area contributed by atoms with Crippen molar-refractivity contribution in [1.82, 2.24) is 4.90 Å². The van der Waals surface area contributed by atoms with Gasteiger partial charge in [-0.3, -0.25) is 9.69 Å². The zero-order chi connectivity index (χ0) is 20.4. The minimum absolute atomic E-state index is 0.0794. The molecule has 5 fully saturated rings. The Morgan fingerprint density at radius 2 is 1.67 bits per heavy atom. The maximum absolute atomic E-state index is 13.4. The first kappa shape index (κ1) is 18.9. The van der Waals surface area contributed by atoms with Crippen molar-refractivity contribution in [2.24, 2.45) is 23.7 Å². The van der Waals surface area contributed by atoms with Gasteiger partial charge >= 0.3 is 0 Å². The smallest absolute Gasteiger partial charge is 0.266 e. The standard InChI is InChI=1S/C25H25NO2S2/c1-14-2-4-17(5-3-14)21-7-6-20(28-21)13-22-24(27)26(25(29)30-22)23-18-9-15-8-16(11-18)12-19(23)10-15/h2-7,13,15-16,18-19,23H,8-12H2,1H3/b22-13-. The Morgan fingerprint density at radius 1 is 1.00 bits per heavy atom. The third-order valence-electron chi connectivity index (χ3n) is 7.53. The molecule has 2 heterocycles. The predicted octanol–water partition coefficient (Wildman–Crippen LogP) is 6.28. The Morgan fingerprint density at radius 3 is 2.33 bits per heavy atom. The van der Waals surface area contributed by atoms with E-state index in [4.69, 9.17) is 16.6 Å². The number of carbonyl (C=O) groups is 1. The monoisotopic (exact) mass is 435 g/mol. The second-order valence-electron chi connectivity index (χ2n) is 9.54. The summed E-state index contributed by atoms with van der Waals surface area (Å²) in [7, 11) is 0. The number of aryl methyl sites for hydroxylation is 1. The molecule has 154 valence electrons. The van der Waals surface area contributed by atoms with Crippen molar-refractivity contribution in [2.45, 2.75) is 45.1 Å². The van der Waals surface area contributed by atoms with E-state index in [9.17, 15) is 4.79 Å². The number of carbonyl (C=O) groups excluding carboxylic acids is 1. The minimum Gasteiger partial charge on any atom is -0.457 e. The van der Waals surface area contributed by atoms with Crippen LogP contribution in [0.15, 0.2) is 45.7 Å². The van der Waals surface area contributed by atoms with Gasteiger partial charge in [0.1, 0.15) is 15.8 Å². The molecule has 0 atom stereocenters. The molecule has 7 rings (SSSR count). The summed E-state index contributed by atoms with van der Waals surface area (Å²) in [5, 5.41) is 0. The Balaban J connectivity index is 1.25. The van der Waals surface area contributed by atoms with E-state index >= 15 is 0 Å². The Hall–Kier alpha value is -1.85. The third-order valence-corrected chi connectivity index (χ3v) is 8.87. The molecular weight excluding hydrogens is 410 g/mol. The second kappa shape index (κ2) is 7.10. The van der Waals surface area contributed by atoms with Crippen LogP contribution in [0.2, 0.25) is 0 Å². The Bertz CT molecular complexity index is 1020. The van der Waals surface area contributed by atoms with Crippen molar-refractivity contribution in [1.29, 1.82) is 0 Å². The van der Waals surface area contributed by atoms with Gasteiger partial charge in [-0.2, -0.15) is 0 Å². The van der Waals surface area contributed by atoms with Gasteiger partial charge in [-0.25, -0.2) is 0 Å². The Labute approximate surface area is 186 Å². The molecule has 1 aromatic carbocycles. The average Bonchev–Trinajstić information content (AvgIpc) is 3.28. The zero-order valence-corrected chi connectivity index (χ0v) is 18.7. The zero-order valence-electron chi connectivity index (χ0n) is 17.0. The molecule has 0 N–H and O–H groups in total. The molecule has 0 spiro atoms. The first-order valence-corrected chi connectivity index (χ1v) is 12.2. The molecule has 30 heavy (non-hydrogen) atoms. The Kier molecular flexibility index (Phi) is 4.47. The van der Waals surface area contributed by atoms with E-state index in [1.165, 1.54) is 49.4 Å². The highest BCUT2D eigenvalue weighted by Gasteiger charge is 2.53. The molecule has 1 aromatic heterocycles. The predicted molar refractivity (Wildman–Crippen MR) is 125 cm³/mol. The van der Waals surface area contributed by atoms with E-state index in [0.717, 1.165) is 27.5 Å². The number of thiocarbonyl (C=S) groups is 1. The summed E-state index contributed by atoms with van der Waals surface area (Å²) in [5.41, 5.74) is 2.26. The highest BCUT2D eigenvalue weighted by molar-refractivity contribution is 8.26. The van der Waals surface area contributed by atoms with Gasteiger partial charge in [0.05, 0.1) is 4.91 Å². The number of nitrogens with zero attached hydrogens (tertiary/aromatic N) is 1. The number of benzene rings is 1. The number of amides is 1. The van der Waals surface area contributed by atoms with Crippen LogP contribution in [-0.2, 0) is 4.79 Å². The molecule has 2 aromatic rings. The topological polar surface area (TPSA) is 33.5 Å². The maximum atomic E-state index is 13.4. The molecule has 1 saturated heterocycles. The fraction of sp³-hybridized carbons (Fsp3) is 0.440. The van der Waals surface area contributed by atoms with Crippen LogP contribution in [0.4, 0.5) is 0 Å². The molecule has 4 bridgehead atoms. The van der Waals surface area contributed by atoms with Crippen LogP contribution >= 0.6 is 24.0 Å². The maximum Gasteiger partial charge on any atom is 0.266 e. The minimum atomic E-state index is 0.0794. The molecule has 5 aliphatic rings. The van der Waals surface area contributed by atoms with Crippen LogP contribution in [-0.4, -0.2) is 21.2 Å². The molecule has 0 unspecified atom stereocenters. The average molecular weight is 436 g/mol. The number of furan rings is 1. The van der Waals surface area contributed by atoms with Gasteiger partial charge < -0.3 is 4.42 Å². The van der Waals surface area contributed by atoms with Gasteiger partial charge in [0.2, 0.25) is 0 Å². The summed E-state index contributed by atoms with van der Waals surface area (Å²) < 4.78 is 6.76. The van der Waals surface area contributed by atoms with Gasteiger partial charge in [-0.05, 0) is 74.8 Å². The van der Waals surface area contributed by atoms with Gasteiger partial charge in [0.25, 0.3) is 5.91 Å². The van der Waals surface area contributed by atoms with Crippen molar-refractivity contribution < 1.29 is 9.21 Å². The van der Waals surface area contributed by atoms with Crippen molar-refractivity contribution in [3.8, 4) is 11.3 Å². The van der Waals surface area contributed by atoms with Crippen molar-refractivity contribution in [2.75, 3.05) is 0 Å². The molecule has 0 radical (unpaired) electrons. The van der Waals surface area contributed by atoms with Crippen molar-refractivity contribution >= 4 is 40.3 Å². The number of thioether (sulfide) groups is 1. The molecular formula is C25H25NO2S2. The van der Waals surface area contributed by atoms with Crippen molar-refractivity contribution in [3.63, 3.8) is 0 Å². The number of rotatable bonds is 3. The van der Waals surface area contributed by atoms with Crippen LogP contribution in [0, 0.1) is 30.6 Å². The van der Waals surface area contributed by atoms with Gasteiger partial charge in [0, 0.05) is 17.7 Å². The third kappa shape index (κ3) is 3.09. The summed E-state index contributed by atoms with van der Waals surface area (Å²) in [6.07, 6.45) is 8.42. The number of hydrogen-bond acceptors (Lipinski definition) is 4. The van der Waals surface area contributed by atoms with Crippen LogP contribution in [0.5, 0.6) is 0 Å². The quantitative estimate of drug-likeness (QED) is 0.420. The lowest BCUT2D eigenvalue weighted by Crippen LogP contribution is -2.57. The van der Waals surface area contributed by atoms with E-state index in [1.807, 2.05) is 23.1 Å². The van der Waals surface area contributed by atoms with E-state index in [-0.39, 0.29) is 5.91 Å². The lowest BCUT2D eigenvalue weighted by Gasteiger charge is -2.56. The van der Waals surface area contributed by atoms with E-state index in [1.54, 1.807) is 0 Å². The second-order valence-corrected chi connectivity index (χ2v) is 11.2. The normalized spacial score (nSPS) is 33.8. The summed E-state index contributed by atoms with van der Waals surface area (Å²) in [6, 6.07) is 12.5. The van der Waals surface area contributed by atoms with Gasteiger partial charge in [0.15, 0.2) is 0 Å². The summed E-state index contributed by atoms with van der Waals surface area (Å²) in [4.78, 5) is 16.0. The fourth-order valence-electron chi connectivity index (χ4n) is 6.49. The highest BCUT2D eigenvalue weighted by Crippen LogP contribution is 2.56. The van der Waals surface area contributed by atoms with Gasteiger partial charge in [-0.1, -0.05) is 53.8 Å². The summed E-state index contributed by atoms with van der Waals surface area (Å²) in [6.45, 7) is 2.07. The molecule has 4 aliphatic carbocycles. The fourth-order valence-corrected chi connectivity index (χ4v) is 7.81. The van der Waals surface area contributed by atoms with E-state index in [0.29, 0.717) is 28.5 Å². The lowest BCUT2D eigenvalue weighted by molar-refractivity contribution is -0.130. The first-order valence-electron chi connectivity index (χ1n) is 11.0. The first-order chi connectivity index (χ1) is 14.5. The molecule has 1 amide bonds. The molecule has 1 aliphatic heterocycles. The summed E-state index contributed by atoms with van der Waals surface area (Å²) >= 11 is 7.14. The highest BCUT2D eigenvalue weighted by atomic mass is 32.2. The van der Waals surface area contributed by atoms with Crippen LogP contribution < -0.4 is 0 Å². The molecule has 4 saturated carbocycles.